The lowest BCUT2D eigenvalue weighted by atomic mass is 10.1. The summed E-state index contributed by atoms with van der Waals surface area (Å²) in [6.45, 7) is -0.481. The lowest BCUT2D eigenvalue weighted by Crippen LogP contribution is -2.34. The zero-order valence-electron chi connectivity index (χ0n) is 23.2. The minimum atomic E-state index is -4.96. The third-order valence-corrected chi connectivity index (χ3v) is 7.25. The van der Waals surface area contributed by atoms with Gasteiger partial charge in [0.1, 0.15) is 23.3 Å². The van der Waals surface area contributed by atoms with E-state index in [2.05, 4.69) is 8.37 Å². The summed E-state index contributed by atoms with van der Waals surface area (Å²) in [5, 5.41) is 7.41. The Kier molecular flexibility index (Phi) is 12.6. The topological polar surface area (TPSA) is 187 Å². The van der Waals surface area contributed by atoms with Crippen LogP contribution in [0.15, 0.2) is 36.4 Å². The second-order valence-electron chi connectivity index (χ2n) is 8.46. The van der Waals surface area contributed by atoms with Crippen LogP contribution in [0.4, 0.5) is 47.3 Å². The second kappa shape index (κ2) is 15.3. The third-order valence-electron chi connectivity index (χ3n) is 5.24. The fraction of sp³-hybridized carbons (Fsp3) is 0.391. The number of ether oxygens (including phenoxy) is 2. The van der Waals surface area contributed by atoms with Gasteiger partial charge in [0.05, 0.1) is 49.9 Å². The number of carbonyl (C=O) groups excluding carboxylic acids is 2. The Morgan fingerprint density at radius 2 is 1.02 bits per heavy atom. The van der Waals surface area contributed by atoms with Crippen molar-refractivity contribution in [2.45, 2.75) is 18.8 Å². The molecule has 22 heteroatoms. The van der Waals surface area contributed by atoms with Crippen molar-refractivity contribution >= 4 is 43.7 Å². The lowest BCUT2D eigenvalue weighted by molar-refractivity contribution is -0.137. The van der Waals surface area contributed by atoms with E-state index in [-0.39, 0.29) is 31.1 Å². The van der Waals surface area contributed by atoms with Gasteiger partial charge in [0, 0.05) is 6.42 Å². The van der Waals surface area contributed by atoms with Crippen LogP contribution in [0.5, 0.6) is 11.5 Å². The lowest BCUT2D eigenvalue weighted by Gasteiger charge is -2.17. The summed E-state index contributed by atoms with van der Waals surface area (Å²) in [7, 11) is -6.58. The largest absolute Gasteiger partial charge is 0.493 e. The predicted octanol–water partition coefficient (Wildman–Crippen LogP) is 3.68. The van der Waals surface area contributed by atoms with Crippen molar-refractivity contribution < 1.29 is 70.6 Å². The molecule has 0 atom stereocenters. The van der Waals surface area contributed by atoms with Gasteiger partial charge in [0.2, 0.25) is 0 Å². The fourth-order valence-electron chi connectivity index (χ4n) is 3.11. The van der Waals surface area contributed by atoms with Gasteiger partial charge in [0.25, 0.3) is 20.2 Å². The molecular weight excluding hydrogens is 670 g/mol. The maximum atomic E-state index is 13.6. The van der Waals surface area contributed by atoms with Gasteiger partial charge >= 0.3 is 24.4 Å². The van der Waals surface area contributed by atoms with Crippen molar-refractivity contribution in [2.75, 3.05) is 49.8 Å². The van der Waals surface area contributed by atoms with Crippen molar-refractivity contribution in [3.63, 3.8) is 0 Å². The molecule has 0 aliphatic carbocycles. The van der Waals surface area contributed by atoms with Crippen molar-refractivity contribution in [2.24, 2.45) is 0 Å². The minimum Gasteiger partial charge on any atom is -0.493 e. The number of halogens is 6. The number of anilines is 2. The maximum absolute atomic E-state index is 13.6. The van der Waals surface area contributed by atoms with E-state index in [1.54, 1.807) is 0 Å². The fourth-order valence-corrected chi connectivity index (χ4v) is 3.96. The van der Waals surface area contributed by atoms with Gasteiger partial charge in [-0.15, -0.1) is 0 Å². The predicted molar refractivity (Wildman–Crippen MR) is 144 cm³/mol. The zero-order valence-corrected chi connectivity index (χ0v) is 24.8. The molecule has 4 amide bonds. The van der Waals surface area contributed by atoms with Gasteiger partial charge in [-0.1, -0.05) is 0 Å². The Labute approximate surface area is 252 Å². The van der Waals surface area contributed by atoms with Gasteiger partial charge in [0.15, 0.2) is 0 Å². The molecule has 0 radical (unpaired) electrons. The average Bonchev–Trinajstić information content (AvgIpc) is 2.95. The molecule has 0 aromatic heterocycles. The highest BCUT2D eigenvalue weighted by molar-refractivity contribution is 7.86. The van der Waals surface area contributed by atoms with E-state index in [0.717, 1.165) is 38.5 Å². The van der Waals surface area contributed by atoms with Crippen LogP contribution in [-0.2, 0) is 41.0 Å². The zero-order chi connectivity index (χ0) is 34.1. The number of rotatable bonds is 14. The van der Waals surface area contributed by atoms with E-state index in [0.29, 0.717) is 12.1 Å². The number of hydrogen-bond donors (Lipinski definition) is 4. The summed E-state index contributed by atoms with van der Waals surface area (Å²) in [6.07, 6.45) is -9.91. The maximum Gasteiger partial charge on any atom is 0.418 e. The molecule has 2 aromatic carbocycles. The van der Waals surface area contributed by atoms with E-state index in [4.69, 9.17) is 9.47 Å². The molecule has 0 bridgehead atoms. The van der Waals surface area contributed by atoms with E-state index < -0.39 is 78.9 Å². The summed E-state index contributed by atoms with van der Waals surface area (Å²) in [4.78, 5) is 23.7. The smallest absolute Gasteiger partial charge is 0.418 e. The molecule has 4 N–H and O–H groups in total. The van der Waals surface area contributed by atoms with Gasteiger partial charge in [-0.2, -0.15) is 43.2 Å². The first kappa shape index (κ1) is 37.2. The molecule has 0 saturated heterocycles. The van der Waals surface area contributed by atoms with Gasteiger partial charge in [-0.05, 0) is 36.4 Å². The second-order valence-corrected chi connectivity index (χ2v) is 11.9. The molecule has 0 spiro atoms. The van der Waals surface area contributed by atoms with Crippen LogP contribution in [0, 0.1) is 0 Å². The van der Waals surface area contributed by atoms with E-state index in [1.807, 2.05) is 21.3 Å². The highest BCUT2D eigenvalue weighted by atomic mass is 32.2. The van der Waals surface area contributed by atoms with Gasteiger partial charge in [-0.3, -0.25) is 8.37 Å². The summed E-state index contributed by atoms with van der Waals surface area (Å²) in [5.41, 5.74) is -4.05. The van der Waals surface area contributed by atoms with Crippen molar-refractivity contribution in [3.8, 4) is 11.5 Å². The molecule has 0 heterocycles. The summed E-state index contributed by atoms with van der Waals surface area (Å²) < 4.78 is 145. The van der Waals surface area contributed by atoms with Gasteiger partial charge < -0.3 is 30.7 Å². The Morgan fingerprint density at radius 1 is 0.667 bits per heavy atom. The number of urea groups is 2. The molecule has 0 fully saturated rings. The molecule has 0 aliphatic heterocycles. The Balaban J connectivity index is 1.98. The minimum absolute atomic E-state index is 0.00450. The molecule has 2 rings (SSSR count). The normalized spacial score (nSPS) is 12.3. The van der Waals surface area contributed by atoms with E-state index in [9.17, 15) is 52.8 Å². The van der Waals surface area contributed by atoms with Crippen molar-refractivity contribution in [1.82, 2.24) is 10.6 Å². The molecule has 14 nitrogen and oxygen atoms in total. The molecule has 0 saturated carbocycles. The summed E-state index contributed by atoms with van der Waals surface area (Å²) in [6, 6.07) is 2.53. The highest BCUT2D eigenvalue weighted by Crippen LogP contribution is 2.38. The number of hydrogen-bond acceptors (Lipinski definition) is 10. The van der Waals surface area contributed by atoms with Crippen LogP contribution >= 0.6 is 0 Å². The summed E-state index contributed by atoms with van der Waals surface area (Å²) in [5.74, 6) is -2.55. The average molecular weight is 697 g/mol. The van der Waals surface area contributed by atoms with Crippen molar-refractivity contribution in [3.05, 3.63) is 47.5 Å². The SMILES string of the molecule is COS(=O)(=O)CNC(=O)Nc1ccc(OCCCOc2ccc(NC(=O)NCS(=O)(=O)OC)c(C(F)(F)F)c2)cc1C(F)(F)F. The number of carbonyl (C=O) groups is 2. The third kappa shape index (κ3) is 12.5. The van der Waals surface area contributed by atoms with Gasteiger partial charge in [-0.25, -0.2) is 9.59 Å². The Hall–Kier alpha value is -4.02. The quantitative estimate of drug-likeness (QED) is 0.129. The molecule has 0 aliphatic rings. The van der Waals surface area contributed by atoms with Crippen LogP contribution in [0.25, 0.3) is 0 Å². The molecule has 45 heavy (non-hydrogen) atoms. The molecule has 252 valence electrons. The first-order valence-electron chi connectivity index (χ1n) is 12.1. The van der Waals surface area contributed by atoms with Crippen molar-refractivity contribution in [1.29, 1.82) is 0 Å². The molecule has 0 unspecified atom stereocenters. The number of amides is 4. The van der Waals surface area contributed by atoms with E-state index in [1.165, 1.54) is 0 Å². The van der Waals surface area contributed by atoms with E-state index >= 15 is 0 Å². The molecule has 2 aromatic rings. The number of alkyl halides is 6. The Morgan fingerprint density at radius 3 is 1.33 bits per heavy atom. The molecular formula is C23H26F6N4O10S2. The first-order chi connectivity index (χ1) is 20.8. The highest BCUT2D eigenvalue weighted by Gasteiger charge is 2.35. The first-order valence-corrected chi connectivity index (χ1v) is 15.3. The number of nitrogens with one attached hydrogen (secondary N) is 4. The van der Waals surface area contributed by atoms with Crippen LogP contribution in [-0.4, -0.2) is 68.1 Å². The number of benzene rings is 2. The van der Waals surface area contributed by atoms with Crippen LogP contribution < -0.4 is 30.7 Å². The summed E-state index contributed by atoms with van der Waals surface area (Å²) >= 11 is 0. The monoisotopic (exact) mass is 696 g/mol. The Bertz CT molecular complexity index is 1450. The van der Waals surface area contributed by atoms with Crippen LogP contribution in [0.2, 0.25) is 0 Å². The van der Waals surface area contributed by atoms with Crippen LogP contribution in [0.3, 0.4) is 0 Å². The van der Waals surface area contributed by atoms with Crippen LogP contribution in [0.1, 0.15) is 17.5 Å². The standard InChI is InChI=1S/C23H26F6N4O10S2/c1-40-44(36,37)12-30-20(34)32-18-6-4-14(10-16(18)22(24,25)26)42-8-3-9-43-15-5-7-19(17(11-15)23(27,28)29)33-21(35)31-13-45(38,39)41-2/h4-7,10-11H,3,8-9,12-13H2,1-2H3,(H2,30,32,34)(H2,31,33,35).